The Morgan fingerprint density at radius 1 is 1.44 bits per heavy atom. The van der Waals surface area contributed by atoms with Gasteiger partial charge in [-0.2, -0.15) is 13.7 Å². The second-order valence-corrected chi connectivity index (χ2v) is 4.90. The predicted octanol–water partition coefficient (Wildman–Crippen LogP) is 0.551. The summed E-state index contributed by atoms with van der Waals surface area (Å²) in [6.07, 6.45) is 0. The van der Waals surface area contributed by atoms with Crippen molar-refractivity contribution in [1.82, 2.24) is 0 Å². The third kappa shape index (κ3) is 3.31. The molecule has 2 N–H and O–H groups in total. The van der Waals surface area contributed by atoms with Gasteiger partial charge >= 0.3 is 0 Å². The van der Waals surface area contributed by atoms with Crippen molar-refractivity contribution in [3.05, 3.63) is 29.8 Å². The quantitative estimate of drug-likeness (QED) is 0.776. The van der Waals surface area contributed by atoms with E-state index >= 15 is 0 Å². The van der Waals surface area contributed by atoms with Crippen LogP contribution in [0.25, 0.3) is 0 Å². The van der Waals surface area contributed by atoms with E-state index in [4.69, 9.17) is 11.0 Å². The first-order valence-corrected chi connectivity index (χ1v) is 5.98. The van der Waals surface area contributed by atoms with Crippen molar-refractivity contribution in [2.24, 2.45) is 5.73 Å². The Morgan fingerprint density at radius 2 is 2.00 bits per heavy atom. The SMILES string of the molecule is Cc1ccc(S(=O)(=O)OCC(N)C#N)cc1. The van der Waals surface area contributed by atoms with E-state index in [1.165, 1.54) is 12.1 Å². The molecule has 0 aromatic heterocycles. The fourth-order valence-corrected chi connectivity index (χ4v) is 1.90. The zero-order valence-corrected chi connectivity index (χ0v) is 9.57. The molecule has 1 aromatic carbocycles. The lowest BCUT2D eigenvalue weighted by Gasteiger charge is -2.06. The maximum atomic E-state index is 11.6. The van der Waals surface area contributed by atoms with Crippen LogP contribution in [-0.2, 0) is 14.3 Å². The van der Waals surface area contributed by atoms with Crippen LogP contribution >= 0.6 is 0 Å². The zero-order valence-electron chi connectivity index (χ0n) is 8.75. The highest BCUT2D eigenvalue weighted by molar-refractivity contribution is 7.86. The summed E-state index contributed by atoms with van der Waals surface area (Å²) in [5.74, 6) is 0. The van der Waals surface area contributed by atoms with E-state index in [1.54, 1.807) is 18.2 Å². The van der Waals surface area contributed by atoms with Crippen LogP contribution in [0.2, 0.25) is 0 Å². The summed E-state index contributed by atoms with van der Waals surface area (Å²) in [6, 6.07) is 6.97. The normalized spacial score (nSPS) is 13.1. The van der Waals surface area contributed by atoms with Crippen LogP contribution in [0.5, 0.6) is 0 Å². The molecule has 0 heterocycles. The van der Waals surface area contributed by atoms with Crippen LogP contribution in [0, 0.1) is 18.3 Å². The molecule has 1 unspecified atom stereocenters. The van der Waals surface area contributed by atoms with Crippen LogP contribution in [0.3, 0.4) is 0 Å². The number of aryl methyl sites for hydroxylation is 1. The van der Waals surface area contributed by atoms with Gasteiger partial charge in [-0.25, -0.2) is 0 Å². The number of hydrogen-bond acceptors (Lipinski definition) is 5. The molecule has 86 valence electrons. The lowest BCUT2D eigenvalue weighted by Crippen LogP contribution is -2.25. The van der Waals surface area contributed by atoms with Gasteiger partial charge in [0.2, 0.25) is 0 Å². The Balaban J connectivity index is 2.79. The molecule has 0 spiro atoms. The highest BCUT2D eigenvalue weighted by Crippen LogP contribution is 2.13. The molecule has 0 fully saturated rings. The Kier molecular flexibility index (Phi) is 4.01. The van der Waals surface area contributed by atoms with Gasteiger partial charge in [0, 0.05) is 0 Å². The summed E-state index contributed by atoms with van der Waals surface area (Å²) >= 11 is 0. The lowest BCUT2D eigenvalue weighted by atomic mass is 10.2. The molecule has 0 saturated carbocycles. The lowest BCUT2D eigenvalue weighted by molar-refractivity contribution is 0.310. The number of rotatable bonds is 4. The average molecular weight is 240 g/mol. The molecule has 1 atom stereocenters. The number of nitriles is 1. The van der Waals surface area contributed by atoms with Crippen LogP contribution in [-0.4, -0.2) is 21.1 Å². The Labute approximate surface area is 94.6 Å². The molecule has 16 heavy (non-hydrogen) atoms. The number of hydrogen-bond donors (Lipinski definition) is 1. The van der Waals surface area contributed by atoms with Crippen molar-refractivity contribution >= 4 is 10.1 Å². The number of nitrogens with zero attached hydrogens (tertiary/aromatic N) is 1. The van der Waals surface area contributed by atoms with Gasteiger partial charge in [0.1, 0.15) is 6.04 Å². The fraction of sp³-hybridized carbons (Fsp3) is 0.300. The summed E-state index contributed by atoms with van der Waals surface area (Å²) in [7, 11) is -3.81. The van der Waals surface area contributed by atoms with E-state index in [0.29, 0.717) is 0 Å². The van der Waals surface area contributed by atoms with E-state index in [0.717, 1.165) is 5.56 Å². The first-order valence-electron chi connectivity index (χ1n) is 4.57. The minimum Gasteiger partial charge on any atom is -0.314 e. The summed E-state index contributed by atoms with van der Waals surface area (Å²) in [5.41, 5.74) is 6.18. The van der Waals surface area contributed by atoms with Crippen LogP contribution < -0.4 is 5.73 Å². The van der Waals surface area contributed by atoms with E-state index in [2.05, 4.69) is 4.18 Å². The fourth-order valence-electron chi connectivity index (χ4n) is 0.973. The molecule has 0 saturated heterocycles. The molecular formula is C10H12N2O3S. The Hall–Kier alpha value is -1.42. The first kappa shape index (κ1) is 12.6. The third-order valence-corrected chi connectivity index (χ3v) is 3.17. The van der Waals surface area contributed by atoms with Crippen LogP contribution in [0.4, 0.5) is 0 Å². The molecular weight excluding hydrogens is 228 g/mol. The highest BCUT2D eigenvalue weighted by Gasteiger charge is 2.16. The highest BCUT2D eigenvalue weighted by atomic mass is 32.2. The zero-order chi connectivity index (χ0) is 12.2. The van der Waals surface area contributed by atoms with Crippen molar-refractivity contribution in [3.63, 3.8) is 0 Å². The minimum absolute atomic E-state index is 0.0586. The van der Waals surface area contributed by atoms with Gasteiger partial charge in [0.15, 0.2) is 0 Å². The molecule has 0 aliphatic heterocycles. The van der Waals surface area contributed by atoms with Gasteiger partial charge in [-0.05, 0) is 19.1 Å². The molecule has 0 bridgehead atoms. The average Bonchev–Trinajstić information content (AvgIpc) is 2.26. The third-order valence-electron chi connectivity index (χ3n) is 1.88. The molecule has 0 radical (unpaired) electrons. The predicted molar refractivity (Wildman–Crippen MR) is 57.9 cm³/mol. The summed E-state index contributed by atoms with van der Waals surface area (Å²) in [4.78, 5) is 0.0586. The van der Waals surface area contributed by atoms with E-state index < -0.39 is 16.2 Å². The van der Waals surface area contributed by atoms with Crippen molar-refractivity contribution in [2.75, 3.05) is 6.61 Å². The minimum atomic E-state index is -3.81. The molecule has 0 aliphatic carbocycles. The standard InChI is InChI=1S/C10H12N2O3S/c1-8-2-4-10(5-3-8)16(13,14)15-7-9(12)6-11/h2-5,9H,7,12H2,1H3. The molecule has 1 aromatic rings. The maximum Gasteiger partial charge on any atom is 0.297 e. The Morgan fingerprint density at radius 3 is 2.50 bits per heavy atom. The van der Waals surface area contributed by atoms with Gasteiger partial charge in [0.05, 0.1) is 17.6 Å². The topological polar surface area (TPSA) is 93.2 Å². The van der Waals surface area contributed by atoms with Crippen LogP contribution in [0.15, 0.2) is 29.2 Å². The number of nitrogens with two attached hydrogens (primary N) is 1. The first-order chi connectivity index (χ1) is 7.45. The molecule has 1 rings (SSSR count). The molecule has 0 aliphatic rings. The number of benzene rings is 1. The second-order valence-electron chi connectivity index (χ2n) is 3.29. The van der Waals surface area contributed by atoms with E-state index in [-0.39, 0.29) is 11.5 Å². The van der Waals surface area contributed by atoms with Gasteiger partial charge in [0.25, 0.3) is 10.1 Å². The van der Waals surface area contributed by atoms with E-state index in [1.807, 2.05) is 6.92 Å². The van der Waals surface area contributed by atoms with Gasteiger partial charge in [-0.15, -0.1) is 0 Å². The molecule has 6 heteroatoms. The van der Waals surface area contributed by atoms with Crippen molar-refractivity contribution in [1.29, 1.82) is 5.26 Å². The molecule has 0 amide bonds. The van der Waals surface area contributed by atoms with Crippen LogP contribution in [0.1, 0.15) is 5.56 Å². The van der Waals surface area contributed by atoms with Gasteiger partial charge < -0.3 is 5.73 Å². The van der Waals surface area contributed by atoms with Crippen molar-refractivity contribution in [2.45, 2.75) is 17.9 Å². The second kappa shape index (κ2) is 5.07. The monoisotopic (exact) mass is 240 g/mol. The van der Waals surface area contributed by atoms with Gasteiger partial charge in [-0.3, -0.25) is 4.18 Å². The largest absolute Gasteiger partial charge is 0.314 e. The Bertz CT molecular complexity index is 488. The summed E-state index contributed by atoms with van der Waals surface area (Å²) < 4.78 is 27.8. The van der Waals surface area contributed by atoms with Gasteiger partial charge in [-0.1, -0.05) is 17.7 Å². The maximum absolute atomic E-state index is 11.6. The van der Waals surface area contributed by atoms with E-state index in [9.17, 15) is 8.42 Å². The summed E-state index contributed by atoms with van der Waals surface area (Å²) in [6.45, 7) is 1.51. The molecule has 5 nitrogen and oxygen atoms in total. The van der Waals surface area contributed by atoms with Crippen molar-refractivity contribution in [3.8, 4) is 6.07 Å². The van der Waals surface area contributed by atoms with Crippen molar-refractivity contribution < 1.29 is 12.6 Å². The summed E-state index contributed by atoms with van der Waals surface area (Å²) in [5, 5.41) is 8.39. The smallest absolute Gasteiger partial charge is 0.297 e.